The number of amides is 1. The van der Waals surface area contributed by atoms with Crippen molar-refractivity contribution in [1.29, 1.82) is 0 Å². The summed E-state index contributed by atoms with van der Waals surface area (Å²) in [5.74, 6) is 0.0451. The summed E-state index contributed by atoms with van der Waals surface area (Å²) in [4.78, 5) is 11.7. The lowest BCUT2D eigenvalue weighted by Gasteiger charge is -2.20. The molecular formula is C13H19IN2O. The Morgan fingerprint density at radius 2 is 2.06 bits per heavy atom. The van der Waals surface area contributed by atoms with E-state index in [1.807, 2.05) is 24.3 Å². The Bertz CT molecular complexity index is 385. The highest BCUT2D eigenvalue weighted by atomic mass is 127. The summed E-state index contributed by atoms with van der Waals surface area (Å²) in [6.45, 7) is 6.96. The molecule has 0 fully saturated rings. The molecule has 0 heterocycles. The third-order valence-electron chi connectivity index (χ3n) is 2.12. The molecule has 0 atom stereocenters. The fourth-order valence-corrected chi connectivity index (χ4v) is 1.88. The Kier molecular flexibility index (Phi) is 5.39. The average Bonchev–Trinajstić information content (AvgIpc) is 2.15. The van der Waals surface area contributed by atoms with Gasteiger partial charge in [0.1, 0.15) is 0 Å². The molecule has 0 aliphatic rings. The maximum absolute atomic E-state index is 11.7. The summed E-state index contributed by atoms with van der Waals surface area (Å²) in [5, 5.41) is 6.17. The number of anilines is 1. The first kappa shape index (κ1) is 14.4. The van der Waals surface area contributed by atoms with Crippen molar-refractivity contribution in [2.75, 3.05) is 11.9 Å². The van der Waals surface area contributed by atoms with E-state index in [-0.39, 0.29) is 11.4 Å². The fraction of sp³-hybridized carbons (Fsp3) is 0.462. The lowest BCUT2D eigenvalue weighted by molar-refractivity contribution is -0.116. The summed E-state index contributed by atoms with van der Waals surface area (Å²) in [6, 6.07) is 7.79. The molecule has 1 aromatic carbocycles. The molecule has 0 bridgehead atoms. The van der Waals surface area contributed by atoms with Crippen LogP contribution in [0.2, 0.25) is 0 Å². The third-order valence-corrected chi connectivity index (χ3v) is 2.79. The van der Waals surface area contributed by atoms with E-state index in [0.29, 0.717) is 13.0 Å². The summed E-state index contributed by atoms with van der Waals surface area (Å²) >= 11 is 2.23. The van der Waals surface area contributed by atoms with Gasteiger partial charge in [-0.1, -0.05) is 6.07 Å². The van der Waals surface area contributed by atoms with Crippen LogP contribution in [0.15, 0.2) is 24.3 Å². The zero-order chi connectivity index (χ0) is 12.9. The Labute approximate surface area is 117 Å². The van der Waals surface area contributed by atoms with Crippen LogP contribution in [0, 0.1) is 3.57 Å². The number of nitrogens with one attached hydrogen (secondary N) is 2. The molecule has 0 aromatic heterocycles. The lowest BCUT2D eigenvalue weighted by Crippen LogP contribution is -2.37. The van der Waals surface area contributed by atoms with Crippen LogP contribution in [0.1, 0.15) is 27.2 Å². The molecule has 0 spiro atoms. The summed E-state index contributed by atoms with van der Waals surface area (Å²) in [6.07, 6.45) is 0.489. The SMILES string of the molecule is CC(C)(C)NCCC(=O)Nc1cccc(I)c1. The molecule has 4 heteroatoms. The van der Waals surface area contributed by atoms with Gasteiger partial charge in [0.05, 0.1) is 0 Å². The van der Waals surface area contributed by atoms with Crippen LogP contribution in [0.4, 0.5) is 5.69 Å². The molecule has 2 N–H and O–H groups in total. The zero-order valence-electron chi connectivity index (χ0n) is 10.5. The van der Waals surface area contributed by atoms with Gasteiger partial charge in [0, 0.05) is 27.8 Å². The van der Waals surface area contributed by atoms with Crippen LogP contribution in [0.25, 0.3) is 0 Å². The molecule has 94 valence electrons. The molecule has 1 rings (SSSR count). The van der Waals surface area contributed by atoms with Gasteiger partial charge in [0.2, 0.25) is 5.91 Å². The van der Waals surface area contributed by atoms with Crippen LogP contribution in [0.3, 0.4) is 0 Å². The molecule has 0 saturated carbocycles. The van der Waals surface area contributed by atoms with E-state index < -0.39 is 0 Å². The van der Waals surface area contributed by atoms with Gasteiger partial charge in [-0.3, -0.25) is 4.79 Å². The van der Waals surface area contributed by atoms with Gasteiger partial charge in [0.25, 0.3) is 0 Å². The van der Waals surface area contributed by atoms with Crippen molar-refractivity contribution < 1.29 is 4.79 Å². The Hall–Kier alpha value is -0.620. The Morgan fingerprint density at radius 3 is 2.65 bits per heavy atom. The largest absolute Gasteiger partial charge is 0.326 e. The van der Waals surface area contributed by atoms with Crippen LogP contribution < -0.4 is 10.6 Å². The van der Waals surface area contributed by atoms with Crippen molar-refractivity contribution in [3.8, 4) is 0 Å². The second-order valence-electron chi connectivity index (χ2n) is 4.99. The van der Waals surface area contributed by atoms with E-state index >= 15 is 0 Å². The van der Waals surface area contributed by atoms with Crippen LogP contribution in [-0.4, -0.2) is 18.0 Å². The quantitative estimate of drug-likeness (QED) is 0.823. The van der Waals surface area contributed by atoms with Crippen LogP contribution >= 0.6 is 22.6 Å². The molecule has 3 nitrogen and oxygen atoms in total. The number of hydrogen-bond donors (Lipinski definition) is 2. The summed E-state index contributed by atoms with van der Waals surface area (Å²) in [5.41, 5.74) is 0.917. The number of rotatable bonds is 4. The van der Waals surface area contributed by atoms with E-state index in [1.165, 1.54) is 0 Å². The Balaban J connectivity index is 2.35. The maximum Gasteiger partial charge on any atom is 0.225 e. The normalized spacial score (nSPS) is 11.3. The van der Waals surface area contributed by atoms with E-state index in [0.717, 1.165) is 9.26 Å². The molecule has 0 unspecified atom stereocenters. The first-order valence-corrected chi connectivity index (χ1v) is 6.75. The van der Waals surface area contributed by atoms with E-state index in [4.69, 9.17) is 0 Å². The van der Waals surface area contributed by atoms with E-state index in [1.54, 1.807) is 0 Å². The van der Waals surface area contributed by atoms with Gasteiger partial charge in [0.15, 0.2) is 0 Å². The van der Waals surface area contributed by atoms with E-state index in [2.05, 4.69) is 54.0 Å². The minimum Gasteiger partial charge on any atom is -0.326 e. The molecule has 0 radical (unpaired) electrons. The predicted octanol–water partition coefficient (Wildman–Crippen LogP) is 3.01. The molecule has 0 saturated heterocycles. The van der Waals surface area contributed by atoms with Crippen molar-refractivity contribution in [3.63, 3.8) is 0 Å². The van der Waals surface area contributed by atoms with Crippen LogP contribution in [-0.2, 0) is 4.79 Å². The minimum atomic E-state index is 0.0451. The zero-order valence-corrected chi connectivity index (χ0v) is 12.7. The second kappa shape index (κ2) is 6.35. The van der Waals surface area contributed by atoms with Gasteiger partial charge < -0.3 is 10.6 Å². The van der Waals surface area contributed by atoms with Gasteiger partial charge in [-0.15, -0.1) is 0 Å². The standard InChI is InChI=1S/C13H19IN2O/c1-13(2,3)15-8-7-12(17)16-11-6-4-5-10(14)9-11/h4-6,9,15H,7-8H2,1-3H3,(H,16,17). The van der Waals surface area contributed by atoms with Gasteiger partial charge in [-0.25, -0.2) is 0 Å². The highest BCUT2D eigenvalue weighted by molar-refractivity contribution is 14.1. The van der Waals surface area contributed by atoms with Crippen molar-refractivity contribution >= 4 is 34.2 Å². The van der Waals surface area contributed by atoms with E-state index in [9.17, 15) is 4.79 Å². The monoisotopic (exact) mass is 346 g/mol. The number of halogens is 1. The van der Waals surface area contributed by atoms with Gasteiger partial charge >= 0.3 is 0 Å². The number of hydrogen-bond acceptors (Lipinski definition) is 2. The first-order chi connectivity index (χ1) is 7.87. The van der Waals surface area contributed by atoms with Crippen molar-refractivity contribution in [3.05, 3.63) is 27.8 Å². The second-order valence-corrected chi connectivity index (χ2v) is 6.23. The van der Waals surface area contributed by atoms with Crippen molar-refractivity contribution in [2.24, 2.45) is 0 Å². The first-order valence-electron chi connectivity index (χ1n) is 5.67. The predicted molar refractivity (Wildman–Crippen MR) is 80.2 cm³/mol. The Morgan fingerprint density at radius 1 is 1.35 bits per heavy atom. The smallest absolute Gasteiger partial charge is 0.225 e. The maximum atomic E-state index is 11.7. The van der Waals surface area contributed by atoms with Gasteiger partial charge in [-0.2, -0.15) is 0 Å². The van der Waals surface area contributed by atoms with Crippen molar-refractivity contribution in [2.45, 2.75) is 32.7 Å². The number of carbonyl (C=O) groups excluding carboxylic acids is 1. The summed E-state index contributed by atoms with van der Waals surface area (Å²) < 4.78 is 1.12. The van der Waals surface area contributed by atoms with Crippen molar-refractivity contribution in [1.82, 2.24) is 5.32 Å². The molecule has 0 aliphatic carbocycles. The van der Waals surface area contributed by atoms with Crippen LogP contribution in [0.5, 0.6) is 0 Å². The molecule has 1 amide bonds. The molecular weight excluding hydrogens is 327 g/mol. The minimum absolute atomic E-state index is 0.0451. The fourth-order valence-electron chi connectivity index (χ4n) is 1.34. The molecule has 1 aromatic rings. The highest BCUT2D eigenvalue weighted by Crippen LogP contribution is 2.12. The van der Waals surface area contributed by atoms with Gasteiger partial charge in [-0.05, 0) is 61.6 Å². The topological polar surface area (TPSA) is 41.1 Å². The molecule has 0 aliphatic heterocycles. The molecule has 17 heavy (non-hydrogen) atoms. The number of benzene rings is 1. The third kappa shape index (κ3) is 6.63. The average molecular weight is 346 g/mol. The lowest BCUT2D eigenvalue weighted by atomic mass is 10.1. The highest BCUT2D eigenvalue weighted by Gasteiger charge is 2.09. The number of carbonyl (C=O) groups is 1. The summed E-state index contributed by atoms with van der Waals surface area (Å²) in [7, 11) is 0.